The maximum absolute atomic E-state index is 8.36. The van der Waals surface area contributed by atoms with Crippen LogP contribution in [0, 0.1) is 0 Å². The van der Waals surface area contributed by atoms with Gasteiger partial charge >= 0.3 is 0 Å². The number of aromatic nitrogens is 2. The molecule has 2 heterocycles. The number of hydrogen-bond donors (Lipinski definition) is 2. The minimum Gasteiger partial charge on any atom is -0.483 e. The zero-order chi connectivity index (χ0) is 15.7. The Hall–Kier alpha value is -1.73. The van der Waals surface area contributed by atoms with Crippen molar-refractivity contribution in [3.05, 3.63) is 18.0 Å². The average Bonchev–Trinajstić information content (AvgIpc) is 2.82. The first-order valence-corrected chi connectivity index (χ1v) is 7.01. The molecule has 1 saturated heterocycles. The molecule has 7 nitrogen and oxygen atoms in total. The molecular weight excluding hydrogens is 272 g/mol. The molecule has 2 atom stereocenters. The summed E-state index contributed by atoms with van der Waals surface area (Å²) in [5, 5.41) is 10.2. The number of methoxy groups -OCH3 is 1. The highest BCUT2D eigenvalue weighted by Gasteiger charge is 2.31. The number of likely N-dealkylation sites (tertiary alicyclic amines) is 1. The number of carbonyl (C=O) groups is 1. The maximum Gasteiger partial charge on any atom is 0.290 e. The summed E-state index contributed by atoms with van der Waals surface area (Å²) in [5.41, 5.74) is 1.19. The third kappa shape index (κ3) is 5.65. The summed E-state index contributed by atoms with van der Waals surface area (Å²) < 4.78 is 5.47. The van der Waals surface area contributed by atoms with Gasteiger partial charge in [0.05, 0.1) is 12.1 Å². The smallest absolute Gasteiger partial charge is 0.290 e. The number of nitrogens with zero attached hydrogens (tertiary/aromatic N) is 3. The van der Waals surface area contributed by atoms with Crippen molar-refractivity contribution in [2.24, 2.45) is 0 Å². The largest absolute Gasteiger partial charge is 0.483 e. The second kappa shape index (κ2) is 9.25. The van der Waals surface area contributed by atoms with E-state index in [2.05, 4.69) is 34.2 Å². The lowest BCUT2D eigenvalue weighted by atomic mass is 10.2. The highest BCUT2D eigenvalue weighted by molar-refractivity contribution is 5.32. The van der Waals surface area contributed by atoms with Crippen LogP contribution in [0.15, 0.2) is 12.4 Å². The summed E-state index contributed by atoms with van der Waals surface area (Å²) in [5.74, 6) is 0.692. The van der Waals surface area contributed by atoms with Crippen molar-refractivity contribution in [2.75, 3.05) is 32.6 Å². The fourth-order valence-electron chi connectivity index (χ4n) is 2.35. The molecule has 0 spiro atoms. The predicted octanol–water partition coefficient (Wildman–Crippen LogP) is 0.871. The third-order valence-corrected chi connectivity index (χ3v) is 3.31. The molecule has 0 radical (unpaired) electrons. The number of hydrogen-bond acceptors (Lipinski definition) is 6. The summed E-state index contributed by atoms with van der Waals surface area (Å²) in [6.07, 6.45) is 6.16. The van der Waals surface area contributed by atoms with Crippen LogP contribution >= 0.6 is 0 Å². The molecule has 1 aromatic heterocycles. The molecule has 0 aliphatic carbocycles. The highest BCUT2D eigenvalue weighted by Crippen LogP contribution is 2.15. The molecule has 2 N–H and O–H groups in total. The Labute approximate surface area is 125 Å². The van der Waals surface area contributed by atoms with E-state index in [1.54, 1.807) is 7.11 Å². The monoisotopic (exact) mass is 296 g/mol. The molecule has 0 saturated carbocycles. The van der Waals surface area contributed by atoms with Crippen LogP contribution in [0.2, 0.25) is 0 Å². The van der Waals surface area contributed by atoms with Crippen LogP contribution < -0.4 is 5.32 Å². The van der Waals surface area contributed by atoms with E-state index in [1.807, 2.05) is 12.4 Å². The van der Waals surface area contributed by atoms with Gasteiger partial charge in [-0.05, 0) is 19.0 Å². The lowest BCUT2D eigenvalue weighted by Crippen LogP contribution is -2.34. The van der Waals surface area contributed by atoms with Gasteiger partial charge in [-0.25, -0.2) is 9.97 Å². The quantitative estimate of drug-likeness (QED) is 0.779. The van der Waals surface area contributed by atoms with Gasteiger partial charge in [-0.1, -0.05) is 13.3 Å². The summed E-state index contributed by atoms with van der Waals surface area (Å²) in [7, 11) is 3.85. The van der Waals surface area contributed by atoms with Crippen LogP contribution in [-0.4, -0.2) is 65.8 Å². The number of anilines is 1. The van der Waals surface area contributed by atoms with Gasteiger partial charge in [-0.3, -0.25) is 4.79 Å². The van der Waals surface area contributed by atoms with Gasteiger partial charge in [0.15, 0.2) is 0 Å². The fraction of sp³-hybridized carbons (Fsp3) is 0.643. The van der Waals surface area contributed by atoms with Gasteiger partial charge in [0, 0.05) is 32.6 Å². The Morgan fingerprint density at radius 1 is 1.48 bits per heavy atom. The van der Waals surface area contributed by atoms with Crippen LogP contribution in [-0.2, 0) is 16.0 Å². The van der Waals surface area contributed by atoms with E-state index in [1.165, 1.54) is 5.56 Å². The van der Waals surface area contributed by atoms with E-state index in [4.69, 9.17) is 14.6 Å². The molecule has 0 amide bonds. The molecule has 1 aromatic rings. The van der Waals surface area contributed by atoms with Crippen LogP contribution in [0.3, 0.4) is 0 Å². The molecule has 1 aliphatic heterocycles. The highest BCUT2D eigenvalue weighted by atomic mass is 16.5. The first-order chi connectivity index (χ1) is 10.1. The van der Waals surface area contributed by atoms with Crippen molar-refractivity contribution in [1.29, 1.82) is 0 Å². The lowest BCUT2D eigenvalue weighted by molar-refractivity contribution is -0.122. The topological polar surface area (TPSA) is 87.6 Å². The molecule has 1 aliphatic rings. The van der Waals surface area contributed by atoms with Gasteiger partial charge in [-0.2, -0.15) is 0 Å². The van der Waals surface area contributed by atoms with Gasteiger partial charge < -0.3 is 20.1 Å². The van der Waals surface area contributed by atoms with E-state index in [-0.39, 0.29) is 18.6 Å². The minimum absolute atomic E-state index is 0.203. The lowest BCUT2D eigenvalue weighted by Gasteiger charge is -2.18. The predicted molar refractivity (Wildman–Crippen MR) is 80.4 cm³/mol. The van der Waals surface area contributed by atoms with Crippen LogP contribution in [0.1, 0.15) is 18.9 Å². The molecule has 0 aromatic carbocycles. The van der Waals surface area contributed by atoms with Crippen molar-refractivity contribution in [3.63, 3.8) is 0 Å². The maximum atomic E-state index is 8.36. The van der Waals surface area contributed by atoms with Crippen LogP contribution in [0.25, 0.3) is 0 Å². The number of likely N-dealkylation sites (N-methyl/N-ethyl adjacent to an activating group) is 1. The second-order valence-electron chi connectivity index (χ2n) is 5.02. The Kier molecular flexibility index (Phi) is 7.63. The average molecular weight is 296 g/mol. The van der Waals surface area contributed by atoms with Crippen molar-refractivity contribution >= 4 is 12.4 Å². The molecule has 2 rings (SSSR count). The first kappa shape index (κ1) is 17.3. The molecule has 118 valence electrons. The van der Waals surface area contributed by atoms with Crippen LogP contribution in [0.4, 0.5) is 5.95 Å². The van der Waals surface area contributed by atoms with Crippen LogP contribution in [0.5, 0.6) is 0 Å². The Bertz CT molecular complexity index is 413. The third-order valence-electron chi connectivity index (χ3n) is 3.31. The molecule has 7 heteroatoms. The molecule has 1 fully saturated rings. The molecule has 0 bridgehead atoms. The Morgan fingerprint density at radius 2 is 2.10 bits per heavy atom. The van der Waals surface area contributed by atoms with E-state index < -0.39 is 0 Å². The number of aryl methyl sites for hydroxylation is 1. The standard InChI is InChI=1S/C13H22N4O.CH2O2/c1-4-5-10-6-14-13(15-7-10)16-11-8-17(2)9-12(11)18-3;2-1-3/h6-7,11-12H,4-5,8-9H2,1-3H3,(H,14,15,16);1H,(H,2,3)/t11-,12-;/m0./s1. The SMILES string of the molecule is CCCc1cnc(N[C@H]2CN(C)C[C@@H]2OC)nc1.O=CO. The summed E-state index contributed by atoms with van der Waals surface area (Å²) in [6, 6.07) is 0.261. The number of ether oxygens (including phenoxy) is 1. The van der Waals surface area contributed by atoms with E-state index >= 15 is 0 Å². The van der Waals surface area contributed by atoms with E-state index in [0.717, 1.165) is 25.9 Å². The van der Waals surface area contributed by atoms with Crippen molar-refractivity contribution in [2.45, 2.75) is 31.9 Å². The molecule has 21 heavy (non-hydrogen) atoms. The second-order valence-corrected chi connectivity index (χ2v) is 5.02. The van der Waals surface area contributed by atoms with E-state index in [9.17, 15) is 0 Å². The first-order valence-electron chi connectivity index (χ1n) is 7.01. The summed E-state index contributed by atoms with van der Waals surface area (Å²) in [4.78, 5) is 19.3. The zero-order valence-electron chi connectivity index (χ0n) is 12.8. The normalized spacial score (nSPS) is 21.5. The number of carboxylic acid groups (broad SMARTS) is 1. The van der Waals surface area contributed by atoms with Crippen molar-refractivity contribution < 1.29 is 14.6 Å². The van der Waals surface area contributed by atoms with Gasteiger partial charge in [0.2, 0.25) is 5.95 Å². The van der Waals surface area contributed by atoms with Gasteiger partial charge in [0.25, 0.3) is 6.47 Å². The Morgan fingerprint density at radius 3 is 2.62 bits per heavy atom. The fourth-order valence-corrected chi connectivity index (χ4v) is 2.35. The molecule has 0 unspecified atom stereocenters. The number of nitrogens with one attached hydrogen (secondary N) is 1. The van der Waals surface area contributed by atoms with Gasteiger partial charge in [-0.15, -0.1) is 0 Å². The summed E-state index contributed by atoms with van der Waals surface area (Å²) >= 11 is 0. The molecular formula is C14H24N4O3. The Balaban J connectivity index is 0.000000677. The zero-order valence-corrected chi connectivity index (χ0v) is 12.8. The summed E-state index contributed by atoms with van der Waals surface area (Å²) in [6.45, 7) is 3.81. The van der Waals surface area contributed by atoms with E-state index in [0.29, 0.717) is 5.95 Å². The van der Waals surface area contributed by atoms with Crippen molar-refractivity contribution in [3.8, 4) is 0 Å². The van der Waals surface area contributed by atoms with Gasteiger partial charge in [0.1, 0.15) is 0 Å². The number of rotatable bonds is 5. The van der Waals surface area contributed by atoms with Crippen molar-refractivity contribution in [1.82, 2.24) is 14.9 Å². The minimum atomic E-state index is -0.250.